The molecule has 1 N–H and O–H groups in total. The zero-order valence-electron chi connectivity index (χ0n) is 14.6. The summed E-state index contributed by atoms with van der Waals surface area (Å²) in [5.41, 5.74) is 0.728. The van der Waals surface area contributed by atoms with E-state index >= 15 is 0 Å². The predicted molar refractivity (Wildman–Crippen MR) is 88.6 cm³/mol. The van der Waals surface area contributed by atoms with Gasteiger partial charge in [-0.3, -0.25) is 0 Å². The highest BCUT2D eigenvalue weighted by Gasteiger charge is 2.29. The molecular formula is C17H24N4O3. The Kier molecular flexibility index (Phi) is 5.62. The zero-order chi connectivity index (χ0) is 17.7. The number of hydrogen-bond acceptors (Lipinski definition) is 6. The number of pyridine rings is 1. The quantitative estimate of drug-likeness (QED) is 0.908. The van der Waals surface area contributed by atoms with E-state index in [9.17, 15) is 4.79 Å². The summed E-state index contributed by atoms with van der Waals surface area (Å²) < 4.78 is 10.5. The Morgan fingerprint density at radius 3 is 2.88 bits per heavy atom. The van der Waals surface area contributed by atoms with Crippen molar-refractivity contribution in [2.45, 2.75) is 45.4 Å². The molecule has 0 saturated carbocycles. The largest absolute Gasteiger partial charge is 0.480 e. The monoisotopic (exact) mass is 332 g/mol. The molecule has 0 radical (unpaired) electrons. The van der Waals surface area contributed by atoms with Crippen molar-refractivity contribution in [3.63, 3.8) is 0 Å². The van der Waals surface area contributed by atoms with Crippen molar-refractivity contribution in [3.05, 3.63) is 23.4 Å². The van der Waals surface area contributed by atoms with Crippen molar-refractivity contribution < 1.29 is 14.3 Å². The van der Waals surface area contributed by atoms with Crippen LogP contribution in [0.3, 0.4) is 0 Å². The van der Waals surface area contributed by atoms with Crippen molar-refractivity contribution in [2.24, 2.45) is 0 Å². The summed E-state index contributed by atoms with van der Waals surface area (Å²) >= 11 is 0. The van der Waals surface area contributed by atoms with Gasteiger partial charge in [0.1, 0.15) is 17.2 Å². The number of likely N-dealkylation sites (tertiary alicyclic amines) is 1. The van der Waals surface area contributed by atoms with Crippen molar-refractivity contribution in [3.8, 4) is 11.9 Å². The van der Waals surface area contributed by atoms with Crippen molar-refractivity contribution in [1.82, 2.24) is 15.2 Å². The molecule has 7 heteroatoms. The maximum Gasteiger partial charge on any atom is 0.410 e. The molecule has 7 nitrogen and oxygen atoms in total. The van der Waals surface area contributed by atoms with Crippen molar-refractivity contribution in [1.29, 1.82) is 5.26 Å². The third-order valence-electron chi connectivity index (χ3n) is 3.64. The van der Waals surface area contributed by atoms with E-state index < -0.39 is 5.60 Å². The molecule has 0 aliphatic carbocycles. The molecule has 0 bridgehead atoms. The van der Waals surface area contributed by atoms with Gasteiger partial charge in [0, 0.05) is 25.7 Å². The van der Waals surface area contributed by atoms with E-state index in [4.69, 9.17) is 14.7 Å². The number of carbonyl (C=O) groups is 1. The van der Waals surface area contributed by atoms with Crippen LogP contribution in [0.2, 0.25) is 0 Å². The van der Waals surface area contributed by atoms with Gasteiger partial charge in [0.25, 0.3) is 0 Å². The van der Waals surface area contributed by atoms with Gasteiger partial charge in [-0.2, -0.15) is 5.26 Å². The first kappa shape index (κ1) is 18.0. The van der Waals surface area contributed by atoms with Gasteiger partial charge in [0.2, 0.25) is 5.88 Å². The molecule has 0 spiro atoms. The number of ether oxygens (including phenoxy) is 2. The second-order valence-corrected chi connectivity index (χ2v) is 6.76. The fraction of sp³-hybridized carbons (Fsp3) is 0.588. The first-order chi connectivity index (χ1) is 11.3. The lowest BCUT2D eigenvalue weighted by molar-refractivity contribution is 0.0291. The summed E-state index contributed by atoms with van der Waals surface area (Å²) in [6.07, 6.45) is 0.595. The summed E-state index contributed by atoms with van der Waals surface area (Å²) in [5, 5.41) is 12.4. The maximum atomic E-state index is 12.1. The molecule has 130 valence electrons. The van der Waals surface area contributed by atoms with Crippen LogP contribution in [-0.2, 0) is 11.3 Å². The molecule has 2 heterocycles. The first-order valence-electron chi connectivity index (χ1n) is 7.97. The molecule has 1 aromatic rings. The number of amides is 1. The Balaban J connectivity index is 1.86. The van der Waals surface area contributed by atoms with Crippen LogP contribution in [0.4, 0.5) is 4.79 Å². The van der Waals surface area contributed by atoms with Crippen molar-refractivity contribution >= 4 is 6.09 Å². The minimum absolute atomic E-state index is 0.195. The number of carbonyl (C=O) groups excluding carboxylic acids is 1. The van der Waals surface area contributed by atoms with Gasteiger partial charge in [-0.1, -0.05) is 0 Å². The molecule has 1 atom stereocenters. The van der Waals surface area contributed by atoms with Gasteiger partial charge in [0.05, 0.1) is 12.8 Å². The van der Waals surface area contributed by atoms with E-state index in [0.29, 0.717) is 31.1 Å². The van der Waals surface area contributed by atoms with Crippen LogP contribution in [0.1, 0.15) is 38.4 Å². The van der Waals surface area contributed by atoms with E-state index in [-0.39, 0.29) is 12.1 Å². The smallest absolute Gasteiger partial charge is 0.410 e. The van der Waals surface area contributed by atoms with Gasteiger partial charge in [-0.25, -0.2) is 9.78 Å². The van der Waals surface area contributed by atoms with Crippen LogP contribution in [0.5, 0.6) is 5.88 Å². The van der Waals surface area contributed by atoms with E-state index in [0.717, 1.165) is 12.1 Å². The summed E-state index contributed by atoms with van der Waals surface area (Å²) in [4.78, 5) is 18.1. The molecule has 1 fully saturated rings. The van der Waals surface area contributed by atoms with E-state index in [1.807, 2.05) is 26.8 Å². The lowest BCUT2D eigenvalue weighted by atomic mass is 10.2. The lowest BCUT2D eigenvalue weighted by Gasteiger charge is -2.24. The SMILES string of the molecule is COc1nc(CN[C@@H]2CCN(C(=O)OC(C)(C)C)C2)ccc1C#N. The Morgan fingerprint density at radius 2 is 2.25 bits per heavy atom. The molecule has 0 aromatic carbocycles. The Hall–Kier alpha value is -2.33. The second kappa shape index (κ2) is 7.49. The topological polar surface area (TPSA) is 87.5 Å². The Morgan fingerprint density at radius 1 is 1.50 bits per heavy atom. The highest BCUT2D eigenvalue weighted by Crippen LogP contribution is 2.17. The van der Waals surface area contributed by atoms with Crippen molar-refractivity contribution in [2.75, 3.05) is 20.2 Å². The molecule has 1 aromatic heterocycles. The minimum Gasteiger partial charge on any atom is -0.480 e. The number of nitrogens with zero attached hydrogens (tertiary/aromatic N) is 3. The maximum absolute atomic E-state index is 12.1. The summed E-state index contributed by atoms with van der Waals surface area (Å²) in [5.74, 6) is 0.332. The van der Waals surface area contributed by atoms with Crippen LogP contribution in [0.25, 0.3) is 0 Å². The van der Waals surface area contributed by atoms with E-state index in [2.05, 4.69) is 10.3 Å². The third-order valence-corrected chi connectivity index (χ3v) is 3.64. The zero-order valence-corrected chi connectivity index (χ0v) is 14.6. The van der Waals surface area contributed by atoms with E-state index in [1.165, 1.54) is 7.11 Å². The van der Waals surface area contributed by atoms with E-state index in [1.54, 1.807) is 17.0 Å². The molecule has 0 unspecified atom stereocenters. The summed E-state index contributed by atoms with van der Waals surface area (Å²) in [7, 11) is 1.50. The minimum atomic E-state index is -0.481. The fourth-order valence-corrected chi connectivity index (χ4v) is 2.49. The summed E-state index contributed by atoms with van der Waals surface area (Å²) in [6, 6.07) is 5.74. The molecular weight excluding hydrogens is 308 g/mol. The second-order valence-electron chi connectivity index (χ2n) is 6.76. The third kappa shape index (κ3) is 4.83. The van der Waals surface area contributed by atoms with Crippen LogP contribution in [0.15, 0.2) is 12.1 Å². The molecule has 1 aliphatic heterocycles. The average Bonchev–Trinajstić information content (AvgIpc) is 3.00. The number of methoxy groups -OCH3 is 1. The molecule has 1 aliphatic rings. The highest BCUT2D eigenvalue weighted by molar-refractivity contribution is 5.68. The van der Waals surface area contributed by atoms with Gasteiger partial charge < -0.3 is 19.7 Å². The van der Waals surface area contributed by atoms with Gasteiger partial charge in [-0.15, -0.1) is 0 Å². The number of aromatic nitrogens is 1. The lowest BCUT2D eigenvalue weighted by Crippen LogP contribution is -2.38. The normalized spacial score (nSPS) is 17.5. The molecule has 24 heavy (non-hydrogen) atoms. The molecule has 1 saturated heterocycles. The number of nitriles is 1. The van der Waals surface area contributed by atoms with Crippen LogP contribution in [-0.4, -0.2) is 47.8 Å². The molecule has 2 rings (SSSR count). The Labute approximate surface area is 142 Å². The standard InChI is InChI=1S/C17H24N4O3/c1-17(2,3)24-16(22)21-8-7-14(11-21)19-10-13-6-5-12(9-18)15(20-13)23-4/h5-6,14,19H,7-8,10-11H2,1-4H3/t14-/m1/s1. The van der Waals surface area contributed by atoms with Crippen LogP contribution >= 0.6 is 0 Å². The number of hydrogen-bond donors (Lipinski definition) is 1. The highest BCUT2D eigenvalue weighted by atomic mass is 16.6. The average molecular weight is 332 g/mol. The number of rotatable bonds is 4. The van der Waals surface area contributed by atoms with Crippen LogP contribution < -0.4 is 10.1 Å². The molecule has 1 amide bonds. The fourth-order valence-electron chi connectivity index (χ4n) is 2.49. The van der Waals surface area contributed by atoms with Gasteiger partial charge in [0.15, 0.2) is 0 Å². The summed E-state index contributed by atoms with van der Waals surface area (Å²) in [6.45, 7) is 7.43. The van der Waals surface area contributed by atoms with Gasteiger partial charge >= 0.3 is 6.09 Å². The van der Waals surface area contributed by atoms with Crippen LogP contribution in [0, 0.1) is 11.3 Å². The Bertz CT molecular complexity index is 634. The predicted octanol–water partition coefficient (Wildman–Crippen LogP) is 2.06. The van der Waals surface area contributed by atoms with Gasteiger partial charge in [-0.05, 0) is 39.3 Å². The first-order valence-corrected chi connectivity index (χ1v) is 7.97. The number of nitrogens with one attached hydrogen (secondary N) is 1.